The van der Waals surface area contributed by atoms with Gasteiger partial charge in [0.15, 0.2) is 9.84 Å². The van der Waals surface area contributed by atoms with Gasteiger partial charge in [0.2, 0.25) is 5.91 Å². The third kappa shape index (κ3) is 5.29. The standard InChI is InChI=1S/C21H31N3O4S/c1-28-20-6-2-17(3-7-20)14-22-9-11-23(12-10-22)15-21(25)24(18-4-5-18)19-8-13-29(26,27)16-19/h2-3,6-7,18-19H,4-5,8-16H2,1H3. The molecule has 8 heteroatoms. The van der Waals surface area contributed by atoms with Crippen molar-refractivity contribution >= 4 is 15.7 Å². The van der Waals surface area contributed by atoms with E-state index in [-0.39, 0.29) is 29.5 Å². The summed E-state index contributed by atoms with van der Waals surface area (Å²) >= 11 is 0. The second-order valence-corrected chi connectivity index (χ2v) is 10.7. The van der Waals surface area contributed by atoms with Gasteiger partial charge in [-0.3, -0.25) is 14.6 Å². The Labute approximate surface area is 173 Å². The minimum absolute atomic E-state index is 0.109. The van der Waals surface area contributed by atoms with Crippen LogP contribution in [0.3, 0.4) is 0 Å². The van der Waals surface area contributed by atoms with Crippen molar-refractivity contribution in [3.05, 3.63) is 29.8 Å². The average molecular weight is 422 g/mol. The number of hydrogen-bond acceptors (Lipinski definition) is 6. The fourth-order valence-corrected chi connectivity index (χ4v) is 6.13. The normalized spacial score (nSPS) is 25.1. The van der Waals surface area contributed by atoms with Gasteiger partial charge in [-0.25, -0.2) is 8.42 Å². The van der Waals surface area contributed by atoms with Gasteiger partial charge < -0.3 is 9.64 Å². The number of ether oxygens (including phenoxy) is 1. The molecule has 29 heavy (non-hydrogen) atoms. The molecule has 1 unspecified atom stereocenters. The molecule has 2 saturated heterocycles. The molecule has 0 N–H and O–H groups in total. The van der Waals surface area contributed by atoms with Crippen molar-refractivity contribution in [2.45, 2.75) is 37.9 Å². The van der Waals surface area contributed by atoms with Gasteiger partial charge in [-0.15, -0.1) is 0 Å². The molecule has 1 aliphatic carbocycles. The molecule has 0 aromatic heterocycles. The van der Waals surface area contributed by atoms with E-state index >= 15 is 0 Å². The summed E-state index contributed by atoms with van der Waals surface area (Å²) in [6, 6.07) is 8.31. The zero-order chi connectivity index (χ0) is 20.4. The Morgan fingerprint density at radius 3 is 2.24 bits per heavy atom. The molecule has 1 aromatic rings. The van der Waals surface area contributed by atoms with Crippen LogP contribution in [0.15, 0.2) is 24.3 Å². The highest BCUT2D eigenvalue weighted by Gasteiger charge is 2.42. The Morgan fingerprint density at radius 1 is 1.03 bits per heavy atom. The van der Waals surface area contributed by atoms with E-state index in [0.29, 0.717) is 13.0 Å². The molecule has 0 bridgehead atoms. The quantitative estimate of drug-likeness (QED) is 0.654. The van der Waals surface area contributed by atoms with Crippen LogP contribution in [0.2, 0.25) is 0 Å². The largest absolute Gasteiger partial charge is 0.497 e. The van der Waals surface area contributed by atoms with Gasteiger partial charge in [0.1, 0.15) is 5.75 Å². The summed E-state index contributed by atoms with van der Waals surface area (Å²) in [7, 11) is -1.30. The lowest BCUT2D eigenvalue weighted by Crippen LogP contribution is -2.52. The summed E-state index contributed by atoms with van der Waals surface area (Å²) in [5.41, 5.74) is 1.26. The first-order valence-corrected chi connectivity index (χ1v) is 12.3. The van der Waals surface area contributed by atoms with E-state index in [2.05, 4.69) is 21.9 Å². The molecule has 1 saturated carbocycles. The number of methoxy groups -OCH3 is 1. The van der Waals surface area contributed by atoms with E-state index in [1.807, 2.05) is 17.0 Å². The van der Waals surface area contributed by atoms with Crippen molar-refractivity contribution in [2.24, 2.45) is 0 Å². The van der Waals surface area contributed by atoms with Crippen LogP contribution < -0.4 is 4.74 Å². The number of carbonyl (C=O) groups excluding carboxylic acids is 1. The van der Waals surface area contributed by atoms with E-state index in [1.165, 1.54) is 5.56 Å². The van der Waals surface area contributed by atoms with Gasteiger partial charge in [0.25, 0.3) is 0 Å². The molecule has 1 amide bonds. The van der Waals surface area contributed by atoms with E-state index in [0.717, 1.165) is 51.3 Å². The van der Waals surface area contributed by atoms with Gasteiger partial charge >= 0.3 is 0 Å². The van der Waals surface area contributed by atoms with Crippen LogP contribution in [0.1, 0.15) is 24.8 Å². The molecule has 1 atom stereocenters. The van der Waals surface area contributed by atoms with Gasteiger partial charge in [0, 0.05) is 44.8 Å². The molecule has 3 fully saturated rings. The molecular weight excluding hydrogens is 390 g/mol. The molecule has 2 heterocycles. The summed E-state index contributed by atoms with van der Waals surface area (Å²) in [6.45, 7) is 4.90. The smallest absolute Gasteiger partial charge is 0.237 e. The monoisotopic (exact) mass is 421 g/mol. The van der Waals surface area contributed by atoms with Crippen LogP contribution in [0.5, 0.6) is 5.75 Å². The fourth-order valence-electron chi connectivity index (χ4n) is 4.42. The molecule has 160 valence electrons. The lowest BCUT2D eigenvalue weighted by atomic mass is 10.2. The average Bonchev–Trinajstić information content (AvgIpc) is 3.47. The predicted octanol–water partition coefficient (Wildman–Crippen LogP) is 0.991. The van der Waals surface area contributed by atoms with Crippen LogP contribution in [0.25, 0.3) is 0 Å². The second kappa shape index (κ2) is 8.62. The van der Waals surface area contributed by atoms with E-state index < -0.39 is 9.84 Å². The van der Waals surface area contributed by atoms with Crippen molar-refractivity contribution in [1.29, 1.82) is 0 Å². The van der Waals surface area contributed by atoms with Crippen LogP contribution >= 0.6 is 0 Å². The lowest BCUT2D eigenvalue weighted by molar-refractivity contribution is -0.135. The Balaban J connectivity index is 1.26. The number of rotatable bonds is 7. The summed E-state index contributed by atoms with van der Waals surface area (Å²) < 4.78 is 28.9. The van der Waals surface area contributed by atoms with Gasteiger partial charge in [-0.2, -0.15) is 0 Å². The van der Waals surface area contributed by atoms with Crippen LogP contribution in [0, 0.1) is 0 Å². The number of hydrogen-bond donors (Lipinski definition) is 0. The van der Waals surface area contributed by atoms with E-state index in [1.54, 1.807) is 7.11 Å². The van der Waals surface area contributed by atoms with Crippen LogP contribution in [-0.2, 0) is 21.2 Å². The van der Waals surface area contributed by atoms with Gasteiger partial charge in [0.05, 0.1) is 25.2 Å². The summed E-state index contributed by atoms with van der Waals surface area (Å²) in [5.74, 6) is 1.34. The molecule has 3 aliphatic rings. The topological polar surface area (TPSA) is 70.2 Å². The van der Waals surface area contributed by atoms with Gasteiger partial charge in [-0.05, 0) is 37.0 Å². The fraction of sp³-hybridized carbons (Fsp3) is 0.667. The number of amides is 1. The molecule has 0 spiro atoms. The Bertz CT molecular complexity index is 815. The zero-order valence-electron chi connectivity index (χ0n) is 17.1. The number of nitrogens with zero attached hydrogens (tertiary/aromatic N) is 3. The maximum Gasteiger partial charge on any atom is 0.237 e. The maximum absolute atomic E-state index is 13.0. The third-order valence-corrected chi connectivity index (χ3v) is 7.97. The number of sulfone groups is 1. The minimum Gasteiger partial charge on any atom is -0.497 e. The van der Waals surface area contributed by atoms with Crippen LogP contribution in [-0.4, -0.2) is 92.4 Å². The van der Waals surface area contributed by atoms with Crippen LogP contribution in [0.4, 0.5) is 0 Å². The maximum atomic E-state index is 13.0. The van der Waals surface area contributed by atoms with Crippen molar-refractivity contribution in [1.82, 2.24) is 14.7 Å². The Hall–Kier alpha value is -1.64. The highest BCUT2D eigenvalue weighted by molar-refractivity contribution is 7.91. The highest BCUT2D eigenvalue weighted by Crippen LogP contribution is 2.32. The molecule has 1 aromatic carbocycles. The highest BCUT2D eigenvalue weighted by atomic mass is 32.2. The third-order valence-electron chi connectivity index (χ3n) is 6.22. The summed E-state index contributed by atoms with van der Waals surface area (Å²) in [5, 5.41) is 0. The summed E-state index contributed by atoms with van der Waals surface area (Å²) in [4.78, 5) is 19.5. The molecule has 0 radical (unpaired) electrons. The summed E-state index contributed by atoms with van der Waals surface area (Å²) in [6.07, 6.45) is 2.62. The second-order valence-electron chi connectivity index (χ2n) is 8.49. The first-order valence-electron chi connectivity index (χ1n) is 10.5. The molecular formula is C21H31N3O4S. The van der Waals surface area contributed by atoms with Crippen molar-refractivity contribution in [2.75, 3.05) is 51.3 Å². The molecule has 4 rings (SSSR count). The van der Waals surface area contributed by atoms with Crippen molar-refractivity contribution < 1.29 is 17.9 Å². The Morgan fingerprint density at radius 2 is 1.69 bits per heavy atom. The molecule has 7 nitrogen and oxygen atoms in total. The predicted molar refractivity (Wildman–Crippen MR) is 112 cm³/mol. The number of carbonyl (C=O) groups is 1. The first kappa shape index (κ1) is 20.6. The number of piperazine rings is 1. The van der Waals surface area contributed by atoms with Crippen molar-refractivity contribution in [3.8, 4) is 5.75 Å². The minimum atomic E-state index is -2.98. The van der Waals surface area contributed by atoms with E-state index in [4.69, 9.17) is 4.74 Å². The lowest BCUT2D eigenvalue weighted by Gasteiger charge is -2.36. The zero-order valence-corrected chi connectivity index (χ0v) is 17.9. The van der Waals surface area contributed by atoms with Crippen molar-refractivity contribution in [3.63, 3.8) is 0 Å². The Kier molecular flexibility index (Phi) is 6.13. The van der Waals surface area contributed by atoms with E-state index in [9.17, 15) is 13.2 Å². The number of benzene rings is 1. The first-order chi connectivity index (χ1) is 13.9. The SMILES string of the molecule is COc1ccc(CN2CCN(CC(=O)N(C3CC3)C3CCS(=O)(=O)C3)CC2)cc1. The molecule has 2 aliphatic heterocycles. The van der Waals surface area contributed by atoms with Gasteiger partial charge in [-0.1, -0.05) is 12.1 Å².